The molecule has 0 amide bonds. The van der Waals surface area contributed by atoms with Gasteiger partial charge in [0.05, 0.1) is 22.2 Å². The summed E-state index contributed by atoms with van der Waals surface area (Å²) in [4.78, 5) is 16.1. The van der Waals surface area contributed by atoms with E-state index in [9.17, 15) is 4.79 Å². The highest BCUT2D eigenvalue weighted by molar-refractivity contribution is 6.34. The van der Waals surface area contributed by atoms with Gasteiger partial charge < -0.3 is 4.74 Å². The zero-order valence-corrected chi connectivity index (χ0v) is 12.0. The molecular formula is C17H9ClN2O2. The second-order valence-electron chi connectivity index (χ2n) is 4.55. The predicted molar refractivity (Wildman–Crippen MR) is 83.2 cm³/mol. The average Bonchev–Trinajstić information content (AvgIpc) is 2.89. The summed E-state index contributed by atoms with van der Waals surface area (Å²) >= 11 is 6.07. The zero-order chi connectivity index (χ0) is 15.5. The topological polar surface area (TPSA) is 62.4 Å². The van der Waals surface area contributed by atoms with Crippen molar-refractivity contribution in [3.05, 3.63) is 75.9 Å². The van der Waals surface area contributed by atoms with Crippen LogP contribution >= 0.6 is 11.6 Å². The Balaban J connectivity index is 1.94. The molecule has 3 rings (SSSR count). The Morgan fingerprint density at radius 3 is 2.55 bits per heavy atom. The number of esters is 1. The quantitative estimate of drug-likeness (QED) is 0.629. The molecule has 1 aliphatic rings. The minimum Gasteiger partial charge on any atom is -0.402 e. The summed E-state index contributed by atoms with van der Waals surface area (Å²) in [6.45, 7) is 0. The number of hydrogen-bond acceptors (Lipinski definition) is 4. The molecule has 0 unspecified atom stereocenters. The maximum absolute atomic E-state index is 11.9. The third-order valence-corrected chi connectivity index (χ3v) is 3.40. The summed E-state index contributed by atoms with van der Waals surface area (Å²) in [6, 6.07) is 15.9. The standard InChI is InChI=1S/C17H9ClN2O2/c18-14-4-2-1-3-13(14)16-20-15(17(21)22-16)9-11-5-7-12(10-19)8-6-11/h1-9H/b15-9-. The lowest BCUT2D eigenvalue weighted by Gasteiger charge is -2.00. The van der Waals surface area contributed by atoms with Gasteiger partial charge in [-0.05, 0) is 35.9 Å². The molecule has 1 heterocycles. The summed E-state index contributed by atoms with van der Waals surface area (Å²) in [5.74, 6) is -0.338. The highest BCUT2D eigenvalue weighted by Gasteiger charge is 2.25. The number of carbonyl (C=O) groups is 1. The fourth-order valence-electron chi connectivity index (χ4n) is 1.97. The van der Waals surface area contributed by atoms with E-state index in [4.69, 9.17) is 21.6 Å². The maximum Gasteiger partial charge on any atom is 0.363 e. The molecule has 2 aromatic carbocycles. The van der Waals surface area contributed by atoms with E-state index in [1.165, 1.54) is 0 Å². The van der Waals surface area contributed by atoms with E-state index < -0.39 is 5.97 Å². The normalized spacial score (nSPS) is 15.4. The molecule has 2 aromatic rings. The first kappa shape index (κ1) is 14.1. The van der Waals surface area contributed by atoms with Crippen molar-refractivity contribution in [2.75, 3.05) is 0 Å². The van der Waals surface area contributed by atoms with Crippen molar-refractivity contribution in [2.24, 2.45) is 4.99 Å². The molecule has 0 saturated carbocycles. The van der Waals surface area contributed by atoms with Crippen LogP contribution < -0.4 is 0 Å². The molecule has 5 heteroatoms. The van der Waals surface area contributed by atoms with Crippen LogP contribution in [0.25, 0.3) is 6.08 Å². The van der Waals surface area contributed by atoms with Crippen LogP contribution in [-0.2, 0) is 9.53 Å². The third-order valence-electron chi connectivity index (χ3n) is 3.07. The maximum atomic E-state index is 11.9. The van der Waals surface area contributed by atoms with Crippen LogP contribution in [0, 0.1) is 11.3 Å². The van der Waals surface area contributed by atoms with Crippen molar-refractivity contribution in [2.45, 2.75) is 0 Å². The Labute approximate surface area is 131 Å². The van der Waals surface area contributed by atoms with Gasteiger partial charge in [0.15, 0.2) is 5.70 Å². The summed E-state index contributed by atoms with van der Waals surface area (Å²) in [5, 5.41) is 9.23. The van der Waals surface area contributed by atoms with Crippen LogP contribution in [0.5, 0.6) is 0 Å². The molecule has 0 N–H and O–H groups in total. The van der Waals surface area contributed by atoms with Crippen LogP contribution in [0.15, 0.2) is 59.2 Å². The number of nitriles is 1. The number of ether oxygens (including phenoxy) is 1. The van der Waals surface area contributed by atoms with E-state index in [-0.39, 0.29) is 11.6 Å². The largest absolute Gasteiger partial charge is 0.402 e. The molecule has 0 spiro atoms. The van der Waals surface area contributed by atoms with Crippen molar-refractivity contribution in [3.63, 3.8) is 0 Å². The number of cyclic esters (lactones) is 1. The van der Waals surface area contributed by atoms with Gasteiger partial charge >= 0.3 is 5.97 Å². The minimum atomic E-state index is -0.528. The zero-order valence-electron chi connectivity index (χ0n) is 11.3. The fourth-order valence-corrected chi connectivity index (χ4v) is 2.19. The van der Waals surface area contributed by atoms with Crippen LogP contribution in [-0.4, -0.2) is 11.9 Å². The molecule has 0 radical (unpaired) electrons. The number of halogens is 1. The van der Waals surface area contributed by atoms with Crippen molar-refractivity contribution in [1.82, 2.24) is 0 Å². The Bertz CT molecular complexity index is 846. The van der Waals surface area contributed by atoms with E-state index in [2.05, 4.69) is 4.99 Å². The Kier molecular flexibility index (Phi) is 3.73. The van der Waals surface area contributed by atoms with Gasteiger partial charge in [-0.2, -0.15) is 5.26 Å². The van der Waals surface area contributed by atoms with Crippen LogP contribution in [0.4, 0.5) is 0 Å². The SMILES string of the molecule is N#Cc1ccc(/C=C2\N=C(c3ccccc3Cl)OC2=O)cc1. The molecule has 0 fully saturated rings. The fraction of sp³-hybridized carbons (Fsp3) is 0. The highest BCUT2D eigenvalue weighted by Crippen LogP contribution is 2.23. The molecule has 1 aliphatic heterocycles. The first-order chi connectivity index (χ1) is 10.7. The Morgan fingerprint density at radius 1 is 1.14 bits per heavy atom. The highest BCUT2D eigenvalue weighted by atomic mass is 35.5. The molecule has 106 valence electrons. The van der Waals surface area contributed by atoms with E-state index >= 15 is 0 Å². The molecule has 22 heavy (non-hydrogen) atoms. The molecule has 0 bridgehead atoms. The molecule has 0 aromatic heterocycles. The number of aliphatic imine (C=N–C) groups is 1. The summed E-state index contributed by atoms with van der Waals surface area (Å²) in [6.07, 6.45) is 1.60. The first-order valence-corrected chi connectivity index (χ1v) is 6.83. The molecule has 4 nitrogen and oxygen atoms in total. The average molecular weight is 309 g/mol. The molecular weight excluding hydrogens is 300 g/mol. The van der Waals surface area contributed by atoms with E-state index in [1.807, 2.05) is 6.07 Å². The summed E-state index contributed by atoms with van der Waals surface area (Å²) in [7, 11) is 0. The van der Waals surface area contributed by atoms with Crippen LogP contribution in [0.2, 0.25) is 5.02 Å². The van der Waals surface area contributed by atoms with Gasteiger partial charge in [-0.3, -0.25) is 0 Å². The van der Waals surface area contributed by atoms with Crippen LogP contribution in [0.3, 0.4) is 0 Å². The Morgan fingerprint density at radius 2 is 1.86 bits per heavy atom. The van der Waals surface area contributed by atoms with Crippen molar-refractivity contribution < 1.29 is 9.53 Å². The van der Waals surface area contributed by atoms with Crippen LogP contribution in [0.1, 0.15) is 16.7 Å². The second-order valence-corrected chi connectivity index (χ2v) is 4.96. The molecule has 0 saturated heterocycles. The van der Waals surface area contributed by atoms with Gasteiger partial charge in [0.2, 0.25) is 5.90 Å². The Hall–Kier alpha value is -2.90. The van der Waals surface area contributed by atoms with E-state index in [0.717, 1.165) is 5.56 Å². The number of rotatable bonds is 2. The lowest BCUT2D eigenvalue weighted by Crippen LogP contribution is -2.05. The lowest BCUT2D eigenvalue weighted by atomic mass is 10.1. The van der Waals surface area contributed by atoms with Gasteiger partial charge in [0.25, 0.3) is 0 Å². The number of nitrogens with zero attached hydrogens (tertiary/aromatic N) is 2. The number of benzene rings is 2. The predicted octanol–water partition coefficient (Wildman–Crippen LogP) is 3.56. The smallest absolute Gasteiger partial charge is 0.363 e. The van der Waals surface area contributed by atoms with E-state index in [1.54, 1.807) is 54.6 Å². The van der Waals surface area contributed by atoms with Crippen molar-refractivity contribution >= 4 is 29.5 Å². The number of hydrogen-bond donors (Lipinski definition) is 0. The summed E-state index contributed by atoms with van der Waals surface area (Å²) in [5.41, 5.74) is 2.08. The minimum absolute atomic E-state index is 0.190. The van der Waals surface area contributed by atoms with Gasteiger partial charge in [-0.1, -0.05) is 35.9 Å². The second kappa shape index (κ2) is 5.84. The molecule has 0 aliphatic carbocycles. The molecule has 0 atom stereocenters. The number of carbonyl (C=O) groups excluding carboxylic acids is 1. The van der Waals surface area contributed by atoms with Gasteiger partial charge in [-0.15, -0.1) is 0 Å². The first-order valence-electron chi connectivity index (χ1n) is 6.45. The van der Waals surface area contributed by atoms with Gasteiger partial charge in [-0.25, -0.2) is 9.79 Å². The third kappa shape index (κ3) is 2.76. The lowest BCUT2D eigenvalue weighted by molar-refractivity contribution is -0.129. The van der Waals surface area contributed by atoms with Gasteiger partial charge in [0.1, 0.15) is 0 Å². The van der Waals surface area contributed by atoms with Crippen molar-refractivity contribution in [1.29, 1.82) is 5.26 Å². The monoisotopic (exact) mass is 308 g/mol. The van der Waals surface area contributed by atoms with Crippen molar-refractivity contribution in [3.8, 4) is 6.07 Å². The van der Waals surface area contributed by atoms with Gasteiger partial charge in [0, 0.05) is 0 Å². The van der Waals surface area contributed by atoms with E-state index in [0.29, 0.717) is 16.1 Å². The summed E-state index contributed by atoms with van der Waals surface area (Å²) < 4.78 is 5.16.